The molecule has 94 valence electrons. The maximum atomic E-state index is 10.6. The number of aliphatic carboxylic acids is 1. The number of ether oxygens (including phenoxy) is 1. The molecule has 0 saturated carbocycles. The number of aryl methyl sites for hydroxylation is 1. The molecule has 0 aromatic carbocycles. The predicted molar refractivity (Wildman–Crippen MR) is 58.3 cm³/mol. The Kier molecular flexibility index (Phi) is 3.70. The van der Waals surface area contributed by atoms with E-state index in [0.29, 0.717) is 19.7 Å². The minimum atomic E-state index is -0.824. The molecule has 0 aliphatic carbocycles. The third-order valence-corrected chi connectivity index (χ3v) is 2.80. The third kappa shape index (κ3) is 3.24. The molecule has 7 nitrogen and oxygen atoms in total. The van der Waals surface area contributed by atoms with Crippen LogP contribution in [0.15, 0.2) is 6.33 Å². The van der Waals surface area contributed by atoms with Crippen LogP contribution in [0.2, 0.25) is 0 Å². The average molecular weight is 240 g/mol. The molecule has 2 heterocycles. The van der Waals surface area contributed by atoms with Crippen molar-refractivity contribution in [2.24, 2.45) is 7.05 Å². The Morgan fingerprint density at radius 1 is 1.71 bits per heavy atom. The fourth-order valence-electron chi connectivity index (χ4n) is 1.89. The first-order valence-corrected chi connectivity index (χ1v) is 5.54. The smallest absolute Gasteiger partial charge is 0.306 e. The second-order valence-electron chi connectivity index (χ2n) is 4.18. The molecule has 0 amide bonds. The van der Waals surface area contributed by atoms with Gasteiger partial charge >= 0.3 is 5.97 Å². The summed E-state index contributed by atoms with van der Waals surface area (Å²) in [5.74, 6) is 0.0523. The third-order valence-electron chi connectivity index (χ3n) is 2.80. The van der Waals surface area contributed by atoms with E-state index in [1.165, 1.54) is 0 Å². The minimum absolute atomic E-state index is 0.0509. The highest BCUT2D eigenvalue weighted by Gasteiger charge is 2.23. The highest BCUT2D eigenvalue weighted by atomic mass is 16.5. The van der Waals surface area contributed by atoms with Gasteiger partial charge in [0.2, 0.25) is 0 Å². The van der Waals surface area contributed by atoms with Gasteiger partial charge in [-0.3, -0.25) is 9.69 Å². The van der Waals surface area contributed by atoms with Crippen molar-refractivity contribution in [3.05, 3.63) is 12.2 Å². The van der Waals surface area contributed by atoms with Gasteiger partial charge in [-0.15, -0.1) is 10.2 Å². The Bertz CT molecular complexity index is 393. The predicted octanol–water partition coefficient (Wildman–Crippen LogP) is -0.509. The SMILES string of the molecule is Cn1cnnc1CN1CCOC(CC(=O)O)C1. The summed E-state index contributed by atoms with van der Waals surface area (Å²) in [4.78, 5) is 12.8. The molecule has 2 rings (SSSR count). The second kappa shape index (κ2) is 5.24. The van der Waals surface area contributed by atoms with Crippen LogP contribution in [-0.2, 0) is 23.1 Å². The molecule has 1 saturated heterocycles. The lowest BCUT2D eigenvalue weighted by molar-refractivity contribution is -0.142. The van der Waals surface area contributed by atoms with Crippen LogP contribution in [0.4, 0.5) is 0 Å². The molecule has 1 aliphatic rings. The molecule has 1 atom stereocenters. The number of morpholine rings is 1. The number of carbonyl (C=O) groups is 1. The first-order valence-electron chi connectivity index (χ1n) is 5.54. The Hall–Kier alpha value is -1.47. The van der Waals surface area contributed by atoms with E-state index >= 15 is 0 Å². The van der Waals surface area contributed by atoms with Crippen LogP contribution < -0.4 is 0 Å². The van der Waals surface area contributed by atoms with Gasteiger partial charge < -0.3 is 14.4 Å². The molecule has 0 bridgehead atoms. The average Bonchev–Trinajstić information content (AvgIpc) is 2.64. The van der Waals surface area contributed by atoms with E-state index in [1.54, 1.807) is 6.33 Å². The Balaban J connectivity index is 1.89. The number of carboxylic acid groups (broad SMARTS) is 1. The van der Waals surface area contributed by atoms with Crippen LogP contribution in [0.3, 0.4) is 0 Å². The molecular weight excluding hydrogens is 224 g/mol. The quantitative estimate of drug-likeness (QED) is 0.763. The van der Waals surface area contributed by atoms with Crippen LogP contribution in [0.5, 0.6) is 0 Å². The number of hydrogen-bond acceptors (Lipinski definition) is 5. The van der Waals surface area contributed by atoms with Crippen molar-refractivity contribution in [2.75, 3.05) is 19.7 Å². The van der Waals surface area contributed by atoms with E-state index in [-0.39, 0.29) is 12.5 Å². The zero-order valence-electron chi connectivity index (χ0n) is 9.74. The summed E-state index contributed by atoms with van der Waals surface area (Å²) in [6, 6.07) is 0. The van der Waals surface area contributed by atoms with Gasteiger partial charge in [0.05, 0.1) is 25.7 Å². The molecule has 0 radical (unpaired) electrons. The minimum Gasteiger partial charge on any atom is -0.481 e. The van der Waals surface area contributed by atoms with Gasteiger partial charge in [0.1, 0.15) is 12.2 Å². The molecule has 1 aliphatic heterocycles. The molecule has 0 spiro atoms. The monoisotopic (exact) mass is 240 g/mol. The lowest BCUT2D eigenvalue weighted by Gasteiger charge is -2.31. The van der Waals surface area contributed by atoms with Crippen molar-refractivity contribution in [1.82, 2.24) is 19.7 Å². The highest BCUT2D eigenvalue weighted by Crippen LogP contribution is 2.11. The maximum Gasteiger partial charge on any atom is 0.306 e. The lowest BCUT2D eigenvalue weighted by atomic mass is 10.2. The van der Waals surface area contributed by atoms with Gasteiger partial charge in [0, 0.05) is 20.1 Å². The number of aromatic nitrogens is 3. The lowest BCUT2D eigenvalue weighted by Crippen LogP contribution is -2.43. The van der Waals surface area contributed by atoms with Gasteiger partial charge in [-0.05, 0) is 0 Å². The highest BCUT2D eigenvalue weighted by molar-refractivity contribution is 5.67. The van der Waals surface area contributed by atoms with Gasteiger partial charge in [-0.1, -0.05) is 0 Å². The standard InChI is InChI=1S/C10H16N4O3/c1-13-7-11-12-9(13)6-14-2-3-17-8(5-14)4-10(15)16/h7-8H,2-6H2,1H3,(H,15,16). The van der Waals surface area contributed by atoms with Crippen molar-refractivity contribution >= 4 is 5.97 Å². The van der Waals surface area contributed by atoms with E-state index < -0.39 is 5.97 Å². The summed E-state index contributed by atoms with van der Waals surface area (Å²) >= 11 is 0. The molecule has 7 heteroatoms. The summed E-state index contributed by atoms with van der Waals surface area (Å²) in [7, 11) is 1.89. The normalized spacial score (nSPS) is 21.6. The summed E-state index contributed by atoms with van der Waals surface area (Å²) < 4.78 is 7.27. The van der Waals surface area contributed by atoms with E-state index in [1.807, 2.05) is 11.6 Å². The summed E-state index contributed by atoms with van der Waals surface area (Å²) in [6.07, 6.45) is 1.48. The summed E-state index contributed by atoms with van der Waals surface area (Å²) in [5.41, 5.74) is 0. The summed E-state index contributed by atoms with van der Waals surface area (Å²) in [6.45, 7) is 2.66. The maximum absolute atomic E-state index is 10.6. The second-order valence-corrected chi connectivity index (χ2v) is 4.18. The van der Waals surface area contributed by atoms with Crippen LogP contribution in [0.25, 0.3) is 0 Å². The van der Waals surface area contributed by atoms with Crippen molar-refractivity contribution < 1.29 is 14.6 Å². The van der Waals surface area contributed by atoms with Crippen LogP contribution in [0, 0.1) is 0 Å². The topological polar surface area (TPSA) is 80.5 Å². The van der Waals surface area contributed by atoms with Gasteiger partial charge in [0.15, 0.2) is 0 Å². The molecule has 1 unspecified atom stereocenters. The van der Waals surface area contributed by atoms with Crippen LogP contribution in [0.1, 0.15) is 12.2 Å². The Morgan fingerprint density at radius 2 is 2.53 bits per heavy atom. The van der Waals surface area contributed by atoms with E-state index in [2.05, 4.69) is 15.1 Å². The Morgan fingerprint density at radius 3 is 3.18 bits per heavy atom. The van der Waals surface area contributed by atoms with E-state index in [0.717, 1.165) is 12.4 Å². The number of rotatable bonds is 4. The summed E-state index contributed by atoms with van der Waals surface area (Å²) in [5, 5.41) is 16.6. The first-order chi connectivity index (χ1) is 8.15. The van der Waals surface area contributed by atoms with Crippen LogP contribution in [-0.4, -0.2) is 56.5 Å². The fourth-order valence-corrected chi connectivity index (χ4v) is 1.89. The van der Waals surface area contributed by atoms with Crippen LogP contribution >= 0.6 is 0 Å². The van der Waals surface area contributed by atoms with Crippen molar-refractivity contribution in [3.8, 4) is 0 Å². The number of hydrogen-bond donors (Lipinski definition) is 1. The zero-order chi connectivity index (χ0) is 12.3. The number of carboxylic acids is 1. The van der Waals surface area contributed by atoms with Gasteiger partial charge in [0.25, 0.3) is 0 Å². The van der Waals surface area contributed by atoms with E-state index in [9.17, 15) is 4.79 Å². The van der Waals surface area contributed by atoms with Crippen molar-refractivity contribution in [2.45, 2.75) is 19.1 Å². The first kappa shape index (κ1) is 12.0. The molecule has 1 aromatic rings. The van der Waals surface area contributed by atoms with Gasteiger partial charge in [-0.25, -0.2) is 0 Å². The molecular formula is C10H16N4O3. The molecule has 17 heavy (non-hydrogen) atoms. The Labute approximate surface area is 99.0 Å². The molecule has 1 N–H and O–H groups in total. The zero-order valence-corrected chi connectivity index (χ0v) is 9.74. The van der Waals surface area contributed by atoms with E-state index in [4.69, 9.17) is 9.84 Å². The largest absolute Gasteiger partial charge is 0.481 e. The van der Waals surface area contributed by atoms with Crippen molar-refractivity contribution in [1.29, 1.82) is 0 Å². The fraction of sp³-hybridized carbons (Fsp3) is 0.700. The molecule has 1 aromatic heterocycles. The number of nitrogens with zero attached hydrogens (tertiary/aromatic N) is 4. The van der Waals surface area contributed by atoms with Gasteiger partial charge in [-0.2, -0.15) is 0 Å². The molecule has 1 fully saturated rings. The van der Waals surface area contributed by atoms with Crippen molar-refractivity contribution in [3.63, 3.8) is 0 Å².